The van der Waals surface area contributed by atoms with E-state index in [1.807, 2.05) is 19.4 Å². The Bertz CT molecular complexity index is 673. The largest absolute Gasteiger partial charge is 0.352 e. The maximum Gasteiger partial charge on any atom is 0.225 e. The van der Waals surface area contributed by atoms with E-state index in [1.54, 1.807) is 16.4 Å². The number of benzene rings is 1. The third-order valence-electron chi connectivity index (χ3n) is 4.33. The van der Waals surface area contributed by atoms with Gasteiger partial charge in [0.2, 0.25) is 5.91 Å². The molecule has 0 bridgehead atoms. The van der Waals surface area contributed by atoms with E-state index in [4.69, 9.17) is 0 Å². The molecule has 24 heavy (non-hydrogen) atoms. The van der Waals surface area contributed by atoms with Crippen molar-refractivity contribution in [2.45, 2.75) is 17.4 Å². The van der Waals surface area contributed by atoms with Gasteiger partial charge in [0.1, 0.15) is 0 Å². The van der Waals surface area contributed by atoms with Crippen LogP contribution in [0.4, 0.5) is 0 Å². The normalized spacial score (nSPS) is 19.8. The summed E-state index contributed by atoms with van der Waals surface area (Å²) in [5.74, 6) is 0.269. The first-order valence-electron chi connectivity index (χ1n) is 7.77. The highest BCUT2D eigenvalue weighted by atomic mass is 35.5. The number of carbonyl (C=O) groups is 1. The molecule has 1 aliphatic heterocycles. The molecule has 0 aliphatic carbocycles. The number of hydrogen-bond donors (Lipinski definition) is 2. The Hall–Kier alpha value is -1.50. The minimum atomic E-state index is -0.0373. The first kappa shape index (κ1) is 18.8. The third kappa shape index (κ3) is 4.32. The van der Waals surface area contributed by atoms with Crippen molar-refractivity contribution >= 4 is 30.1 Å². The number of rotatable bonds is 5. The second-order valence-corrected chi connectivity index (χ2v) is 6.76. The summed E-state index contributed by atoms with van der Waals surface area (Å²) in [6.45, 7) is 2.12. The molecule has 130 valence electrons. The predicted molar refractivity (Wildman–Crippen MR) is 99.6 cm³/mol. The molecule has 0 unspecified atom stereocenters. The summed E-state index contributed by atoms with van der Waals surface area (Å²) >= 11 is 1.72. The van der Waals surface area contributed by atoms with E-state index in [-0.39, 0.29) is 30.2 Å². The Morgan fingerprint density at radius 2 is 2.12 bits per heavy atom. The van der Waals surface area contributed by atoms with Crippen LogP contribution < -0.4 is 10.6 Å². The highest BCUT2D eigenvalue weighted by molar-refractivity contribution is 7.98. The number of carbonyl (C=O) groups excluding carboxylic acids is 1. The lowest BCUT2D eigenvalue weighted by molar-refractivity contribution is -0.125. The number of aromatic nitrogens is 2. The van der Waals surface area contributed by atoms with Crippen LogP contribution in [-0.2, 0) is 18.4 Å². The van der Waals surface area contributed by atoms with Crippen LogP contribution >= 0.6 is 24.2 Å². The second kappa shape index (κ2) is 8.55. The smallest absolute Gasteiger partial charge is 0.225 e. The minimum absolute atomic E-state index is 0. The number of nitrogens with zero attached hydrogens (tertiary/aromatic N) is 2. The quantitative estimate of drug-likeness (QED) is 0.796. The van der Waals surface area contributed by atoms with Crippen LogP contribution in [0, 0.1) is 5.92 Å². The highest BCUT2D eigenvalue weighted by Gasteiger charge is 2.34. The molecule has 2 heterocycles. The van der Waals surface area contributed by atoms with Crippen LogP contribution in [0.1, 0.15) is 17.0 Å². The van der Waals surface area contributed by atoms with Crippen molar-refractivity contribution in [3.63, 3.8) is 0 Å². The van der Waals surface area contributed by atoms with E-state index in [0.717, 1.165) is 24.2 Å². The molecule has 0 radical (unpaired) electrons. The van der Waals surface area contributed by atoms with Gasteiger partial charge in [-0.1, -0.05) is 12.1 Å². The number of amides is 1. The SMILES string of the molecule is CSc1ccc(CNC(=O)[C@H]2CNC[C@@H]2c2cnn(C)c2)cc1.Cl. The zero-order valence-electron chi connectivity index (χ0n) is 13.9. The van der Waals surface area contributed by atoms with Crippen LogP contribution in [0.25, 0.3) is 0 Å². The van der Waals surface area contributed by atoms with E-state index in [0.29, 0.717) is 6.54 Å². The van der Waals surface area contributed by atoms with E-state index < -0.39 is 0 Å². The Morgan fingerprint density at radius 3 is 2.75 bits per heavy atom. The average molecular weight is 367 g/mol. The van der Waals surface area contributed by atoms with Gasteiger partial charge in [0.25, 0.3) is 0 Å². The molecular weight excluding hydrogens is 344 g/mol. The van der Waals surface area contributed by atoms with Crippen molar-refractivity contribution in [2.75, 3.05) is 19.3 Å². The van der Waals surface area contributed by atoms with Crippen molar-refractivity contribution in [2.24, 2.45) is 13.0 Å². The standard InChI is InChI=1S/C17H22N4OS.ClH/c1-21-11-13(8-20-21)15-9-18-10-16(15)17(22)19-7-12-3-5-14(23-2)6-4-12;/h3-6,8,11,15-16,18H,7,9-10H2,1-2H3,(H,19,22);1H/t15-,16+;/m1./s1. The van der Waals surface area contributed by atoms with Crippen LogP contribution in [0.2, 0.25) is 0 Å². The summed E-state index contributed by atoms with van der Waals surface area (Å²) in [5.41, 5.74) is 2.25. The maximum absolute atomic E-state index is 12.5. The van der Waals surface area contributed by atoms with Gasteiger partial charge in [-0.15, -0.1) is 24.2 Å². The van der Waals surface area contributed by atoms with E-state index in [1.165, 1.54) is 4.90 Å². The highest BCUT2D eigenvalue weighted by Crippen LogP contribution is 2.28. The van der Waals surface area contributed by atoms with Crippen molar-refractivity contribution in [3.05, 3.63) is 47.8 Å². The van der Waals surface area contributed by atoms with E-state index >= 15 is 0 Å². The monoisotopic (exact) mass is 366 g/mol. The maximum atomic E-state index is 12.5. The second-order valence-electron chi connectivity index (χ2n) is 5.88. The molecule has 1 aromatic carbocycles. The number of aryl methyl sites for hydroxylation is 1. The molecule has 1 aliphatic rings. The number of thioether (sulfide) groups is 1. The van der Waals surface area contributed by atoms with Gasteiger partial charge in [-0.05, 0) is 29.5 Å². The molecule has 1 saturated heterocycles. The zero-order valence-corrected chi connectivity index (χ0v) is 15.5. The van der Waals surface area contributed by atoms with Gasteiger partial charge in [-0.3, -0.25) is 9.48 Å². The topological polar surface area (TPSA) is 59.0 Å². The summed E-state index contributed by atoms with van der Waals surface area (Å²) in [4.78, 5) is 13.8. The summed E-state index contributed by atoms with van der Waals surface area (Å²) < 4.78 is 1.79. The van der Waals surface area contributed by atoms with Crippen molar-refractivity contribution in [1.82, 2.24) is 20.4 Å². The molecule has 5 nitrogen and oxygen atoms in total. The molecule has 2 atom stereocenters. The molecule has 1 aromatic heterocycles. The lowest BCUT2D eigenvalue weighted by Crippen LogP contribution is -2.33. The van der Waals surface area contributed by atoms with Gasteiger partial charge in [0.15, 0.2) is 0 Å². The summed E-state index contributed by atoms with van der Waals surface area (Å²) in [5, 5.41) is 10.6. The van der Waals surface area contributed by atoms with E-state index in [2.05, 4.69) is 46.3 Å². The van der Waals surface area contributed by atoms with Crippen LogP contribution in [-0.4, -0.2) is 35.0 Å². The molecule has 2 aromatic rings. The minimum Gasteiger partial charge on any atom is -0.352 e. The molecule has 1 fully saturated rings. The van der Waals surface area contributed by atoms with Gasteiger partial charge in [-0.25, -0.2) is 0 Å². The van der Waals surface area contributed by atoms with Crippen LogP contribution in [0.3, 0.4) is 0 Å². The number of hydrogen-bond acceptors (Lipinski definition) is 4. The molecule has 0 saturated carbocycles. The molecule has 0 spiro atoms. The van der Waals surface area contributed by atoms with Gasteiger partial charge in [-0.2, -0.15) is 5.10 Å². The Kier molecular flexibility index (Phi) is 6.71. The molecular formula is C17H23ClN4OS. The molecule has 2 N–H and O–H groups in total. The molecule has 3 rings (SSSR count). The Labute approximate surface area is 153 Å². The Balaban J connectivity index is 0.00000208. The van der Waals surface area contributed by atoms with Crippen molar-refractivity contribution in [1.29, 1.82) is 0 Å². The van der Waals surface area contributed by atoms with Crippen LogP contribution in [0.15, 0.2) is 41.6 Å². The fourth-order valence-corrected chi connectivity index (χ4v) is 3.41. The number of nitrogens with one attached hydrogen (secondary N) is 2. The molecule has 1 amide bonds. The van der Waals surface area contributed by atoms with Crippen LogP contribution in [0.5, 0.6) is 0 Å². The average Bonchev–Trinajstić information content (AvgIpc) is 3.21. The van der Waals surface area contributed by atoms with Gasteiger partial charge >= 0.3 is 0 Å². The van der Waals surface area contributed by atoms with E-state index in [9.17, 15) is 4.79 Å². The zero-order chi connectivity index (χ0) is 16.2. The third-order valence-corrected chi connectivity index (χ3v) is 5.07. The van der Waals surface area contributed by atoms with Gasteiger partial charge in [0.05, 0.1) is 12.1 Å². The first-order chi connectivity index (χ1) is 11.2. The Morgan fingerprint density at radius 1 is 1.38 bits per heavy atom. The fraction of sp³-hybridized carbons (Fsp3) is 0.412. The fourth-order valence-electron chi connectivity index (χ4n) is 3.00. The predicted octanol–water partition coefficient (Wildman–Crippen LogP) is 2.18. The summed E-state index contributed by atoms with van der Waals surface area (Å²) in [7, 11) is 1.90. The lowest BCUT2D eigenvalue weighted by atomic mass is 9.90. The van der Waals surface area contributed by atoms with Crippen molar-refractivity contribution in [3.8, 4) is 0 Å². The lowest BCUT2D eigenvalue weighted by Gasteiger charge is -2.17. The van der Waals surface area contributed by atoms with Gasteiger partial charge < -0.3 is 10.6 Å². The first-order valence-corrected chi connectivity index (χ1v) is 8.99. The van der Waals surface area contributed by atoms with Gasteiger partial charge in [0, 0.05) is 43.7 Å². The summed E-state index contributed by atoms with van der Waals surface area (Å²) in [6.07, 6.45) is 5.92. The summed E-state index contributed by atoms with van der Waals surface area (Å²) in [6, 6.07) is 8.30. The van der Waals surface area contributed by atoms with Crippen molar-refractivity contribution < 1.29 is 4.79 Å². The molecule has 7 heteroatoms. The number of halogens is 1.